The molecule has 4 fully saturated rings. The molecule has 4 aliphatic rings. The van der Waals surface area contributed by atoms with Crippen molar-refractivity contribution in [3.63, 3.8) is 0 Å². The van der Waals surface area contributed by atoms with Crippen molar-refractivity contribution in [3.05, 3.63) is 83.7 Å². The molecule has 1 unspecified atom stereocenters. The highest BCUT2D eigenvalue weighted by Crippen LogP contribution is 2.53. The van der Waals surface area contributed by atoms with Gasteiger partial charge in [-0.15, -0.1) is 0 Å². The van der Waals surface area contributed by atoms with Crippen LogP contribution in [0.5, 0.6) is 0 Å². The maximum Gasteiger partial charge on any atom is 0.282 e. The summed E-state index contributed by atoms with van der Waals surface area (Å²) >= 11 is 0. The Morgan fingerprint density at radius 1 is 0.957 bits per heavy atom. The van der Waals surface area contributed by atoms with Gasteiger partial charge in [0.2, 0.25) is 0 Å². The number of amides is 1. The molecular formula is C32H38N10O4S. The van der Waals surface area contributed by atoms with Crippen LogP contribution in [0.2, 0.25) is 0 Å². The predicted molar refractivity (Wildman–Crippen MR) is 170 cm³/mol. The molecule has 3 saturated heterocycles. The number of nitrogens with one attached hydrogen (secondary N) is 1. The van der Waals surface area contributed by atoms with Crippen LogP contribution in [-0.4, -0.2) is 116 Å². The molecule has 3 atom stereocenters. The number of carbonyl (C=O) groups excluding carboxylic acids is 2. The number of carbonyl (C=O) groups is 2. The molecule has 15 heteroatoms. The Labute approximate surface area is 274 Å². The second-order valence-electron chi connectivity index (χ2n) is 13.2. The van der Waals surface area contributed by atoms with Gasteiger partial charge in [0.15, 0.2) is 5.78 Å². The fraction of sp³-hybridized carbons (Fsp3) is 0.469. The zero-order valence-electron chi connectivity index (χ0n) is 26.7. The van der Waals surface area contributed by atoms with Gasteiger partial charge in [0.05, 0.1) is 24.3 Å². The van der Waals surface area contributed by atoms with Crippen molar-refractivity contribution in [1.82, 2.24) is 42.8 Å². The van der Waals surface area contributed by atoms with E-state index in [1.807, 2.05) is 30.3 Å². The number of likely N-dealkylation sites (N-methyl/N-ethyl adjacent to an activating group) is 1. The topological polar surface area (TPSA) is 153 Å². The number of piperidine rings is 1. The predicted octanol–water partition coefficient (Wildman–Crippen LogP) is 0.128. The van der Waals surface area contributed by atoms with Gasteiger partial charge in [-0.25, -0.2) is 9.97 Å². The molecule has 2 aromatic heterocycles. The van der Waals surface area contributed by atoms with Crippen LogP contribution in [0, 0.1) is 23.2 Å². The smallest absolute Gasteiger partial charge is 0.282 e. The van der Waals surface area contributed by atoms with Crippen molar-refractivity contribution >= 4 is 21.9 Å². The molecule has 14 nitrogen and oxygen atoms in total. The van der Waals surface area contributed by atoms with E-state index in [-0.39, 0.29) is 29.6 Å². The summed E-state index contributed by atoms with van der Waals surface area (Å²) in [5.41, 5.74) is 1.36. The number of nitriles is 1. The summed E-state index contributed by atoms with van der Waals surface area (Å²) in [6.07, 6.45) is 8.92. The molecule has 0 radical (unpaired) electrons. The maximum atomic E-state index is 14.9. The molecule has 246 valence electrons. The molecule has 5 heterocycles. The summed E-state index contributed by atoms with van der Waals surface area (Å²) in [4.78, 5) is 40.8. The summed E-state index contributed by atoms with van der Waals surface area (Å²) in [6, 6.07) is 8.19. The lowest BCUT2D eigenvalue weighted by molar-refractivity contribution is -0.132. The third kappa shape index (κ3) is 5.54. The van der Waals surface area contributed by atoms with Crippen LogP contribution in [0.1, 0.15) is 27.3 Å². The fourth-order valence-electron chi connectivity index (χ4n) is 7.26. The number of hydrogen-bond acceptors (Lipinski definition) is 9. The molecular weight excluding hydrogens is 620 g/mol. The standard InChI is InChI=1S/C32H38N10O4S/c1-37-8-10-40(11-9-37)47(45,46)41-18-26-27(19-41)30(26)42-29(12-28(43)23-6-4-22(15-33)5-7-23)36-32(31(42)44,13-24-16-34-20-38(24)2)14-25-17-35-21-39(25)3/h4-7,12,16-17,20-21,26-27,30,36H,8-11,13-14,18-19H2,1-3H3/b29-12+/t26-,27+,30?. The summed E-state index contributed by atoms with van der Waals surface area (Å²) in [5.74, 6) is -0.203. The first-order valence-electron chi connectivity index (χ1n) is 15.7. The zero-order chi connectivity index (χ0) is 33.1. The molecule has 0 bridgehead atoms. The number of rotatable bonds is 9. The second-order valence-corrected chi connectivity index (χ2v) is 15.1. The highest BCUT2D eigenvalue weighted by atomic mass is 32.2. The fourth-order valence-corrected chi connectivity index (χ4v) is 8.93. The van der Waals surface area contributed by atoms with Gasteiger partial charge >= 0.3 is 0 Å². The first-order chi connectivity index (χ1) is 22.5. The number of nitrogens with zero attached hydrogens (tertiary/aromatic N) is 9. The van der Waals surface area contributed by atoms with Crippen molar-refractivity contribution in [2.24, 2.45) is 25.9 Å². The van der Waals surface area contributed by atoms with Gasteiger partial charge in [0.25, 0.3) is 16.1 Å². The van der Waals surface area contributed by atoms with Crippen molar-refractivity contribution in [2.45, 2.75) is 24.4 Å². The van der Waals surface area contributed by atoms with Crippen molar-refractivity contribution in [1.29, 1.82) is 5.26 Å². The first-order valence-corrected chi connectivity index (χ1v) is 17.1. The Morgan fingerprint density at radius 2 is 1.53 bits per heavy atom. The SMILES string of the molecule is CN1CCN(S(=O)(=O)N2C[C@@H]3C(N4C(=O)C(Cc5cncn5C)(Cc5cncn5C)N/C4=C\C(=O)c4ccc(C#N)cc4)[C@@H]3C2)CC1. The second kappa shape index (κ2) is 11.7. The number of allylic oxidation sites excluding steroid dienone is 1. The summed E-state index contributed by atoms with van der Waals surface area (Å²) in [6.45, 7) is 2.93. The molecule has 1 aliphatic carbocycles. The molecule has 1 saturated carbocycles. The minimum Gasteiger partial charge on any atom is -0.356 e. The Kier molecular flexibility index (Phi) is 7.79. The number of hydrogen-bond donors (Lipinski definition) is 1. The first kappa shape index (κ1) is 31.3. The molecule has 47 heavy (non-hydrogen) atoms. The lowest BCUT2D eigenvalue weighted by Gasteiger charge is -2.35. The van der Waals surface area contributed by atoms with Crippen LogP contribution in [0.25, 0.3) is 0 Å². The summed E-state index contributed by atoms with van der Waals surface area (Å²) < 4.78 is 33.9. The third-order valence-corrected chi connectivity index (χ3v) is 12.1. The van der Waals surface area contributed by atoms with Gasteiger partial charge in [-0.2, -0.15) is 22.3 Å². The molecule has 3 aliphatic heterocycles. The van der Waals surface area contributed by atoms with E-state index in [0.717, 1.165) is 11.4 Å². The van der Waals surface area contributed by atoms with Gasteiger partial charge in [-0.1, -0.05) is 0 Å². The summed E-state index contributed by atoms with van der Waals surface area (Å²) in [7, 11) is 2.13. The van der Waals surface area contributed by atoms with E-state index in [4.69, 9.17) is 0 Å². The van der Waals surface area contributed by atoms with Crippen molar-refractivity contribution in [2.75, 3.05) is 46.3 Å². The minimum absolute atomic E-state index is 0.0550. The van der Waals surface area contributed by atoms with E-state index >= 15 is 0 Å². The van der Waals surface area contributed by atoms with E-state index in [1.54, 1.807) is 62.8 Å². The number of benzene rings is 1. The Bertz CT molecular complexity index is 1830. The van der Waals surface area contributed by atoms with Gasteiger partial charge < -0.3 is 19.4 Å². The highest BCUT2D eigenvalue weighted by molar-refractivity contribution is 7.86. The van der Waals surface area contributed by atoms with E-state index in [2.05, 4.69) is 26.3 Å². The van der Waals surface area contributed by atoms with Crippen LogP contribution >= 0.6 is 0 Å². The minimum atomic E-state index is -3.61. The van der Waals surface area contributed by atoms with E-state index in [9.17, 15) is 23.3 Å². The Morgan fingerprint density at radius 3 is 2.04 bits per heavy atom. The number of imidazole rings is 2. The molecule has 1 N–H and O–H groups in total. The van der Waals surface area contributed by atoms with E-state index in [0.29, 0.717) is 69.1 Å². The van der Waals surface area contributed by atoms with Crippen LogP contribution in [0.4, 0.5) is 0 Å². The zero-order valence-corrected chi connectivity index (χ0v) is 27.5. The maximum absolute atomic E-state index is 14.9. The van der Waals surface area contributed by atoms with Crippen LogP contribution in [0.3, 0.4) is 0 Å². The van der Waals surface area contributed by atoms with Crippen LogP contribution in [0.15, 0.2) is 61.2 Å². The quantitative estimate of drug-likeness (QED) is 0.250. The number of aromatic nitrogens is 4. The molecule has 0 spiro atoms. The molecule has 7 rings (SSSR count). The van der Waals surface area contributed by atoms with E-state index in [1.165, 1.54) is 6.08 Å². The number of piperazine rings is 1. The average molecular weight is 659 g/mol. The largest absolute Gasteiger partial charge is 0.356 e. The lowest BCUT2D eigenvalue weighted by atomic mass is 9.88. The number of ketones is 1. The number of fused-ring (bicyclic) bond motifs is 1. The molecule has 1 amide bonds. The van der Waals surface area contributed by atoms with Gasteiger partial charge in [0, 0.05) is 120 Å². The van der Waals surface area contributed by atoms with Gasteiger partial charge in [0.1, 0.15) is 11.4 Å². The van der Waals surface area contributed by atoms with Gasteiger partial charge in [-0.05, 0) is 31.3 Å². The normalized spacial score (nSPS) is 25.6. The Hall–Kier alpha value is -4.36. The van der Waals surface area contributed by atoms with Crippen LogP contribution < -0.4 is 5.32 Å². The summed E-state index contributed by atoms with van der Waals surface area (Å²) in [5, 5.41) is 12.7. The monoisotopic (exact) mass is 658 g/mol. The molecule has 3 aromatic rings. The highest BCUT2D eigenvalue weighted by Gasteiger charge is 2.66. The molecule has 1 aromatic carbocycles. The van der Waals surface area contributed by atoms with Crippen molar-refractivity contribution < 1.29 is 18.0 Å². The van der Waals surface area contributed by atoms with E-state index < -0.39 is 15.7 Å². The number of aryl methyl sites for hydroxylation is 2. The average Bonchev–Trinajstić information content (AvgIpc) is 3.52. The Balaban J connectivity index is 1.21. The third-order valence-electron chi connectivity index (χ3n) is 10.1. The van der Waals surface area contributed by atoms with Crippen molar-refractivity contribution in [3.8, 4) is 6.07 Å². The lowest BCUT2D eigenvalue weighted by Crippen LogP contribution is -2.53. The van der Waals surface area contributed by atoms with Crippen LogP contribution in [-0.2, 0) is 41.9 Å². The van der Waals surface area contributed by atoms with Gasteiger partial charge in [-0.3, -0.25) is 14.5 Å².